The van der Waals surface area contributed by atoms with Crippen LogP contribution in [-0.4, -0.2) is 34.5 Å². The lowest BCUT2D eigenvalue weighted by Crippen LogP contribution is -2.30. The van der Waals surface area contributed by atoms with Crippen LogP contribution in [0.1, 0.15) is 13.8 Å². The van der Waals surface area contributed by atoms with Crippen molar-refractivity contribution in [2.75, 3.05) is 0 Å². The van der Waals surface area contributed by atoms with Crippen LogP contribution in [-0.2, 0) is 9.53 Å². The highest BCUT2D eigenvalue weighted by atomic mass is 16.6. The topological polar surface area (TPSA) is 66.8 Å². The SMILES string of the molecule is CC1[C@H]([C@H](C)O)OC(=O)[C@@H]1O. The maximum atomic E-state index is 10.7. The van der Waals surface area contributed by atoms with E-state index in [1.54, 1.807) is 6.92 Å². The number of cyclic esters (lactones) is 1. The molecular weight excluding hydrogens is 148 g/mol. The highest BCUT2D eigenvalue weighted by Crippen LogP contribution is 2.24. The van der Waals surface area contributed by atoms with Crippen molar-refractivity contribution in [2.24, 2.45) is 5.92 Å². The summed E-state index contributed by atoms with van der Waals surface area (Å²) < 4.78 is 4.71. The van der Waals surface area contributed by atoms with E-state index in [9.17, 15) is 4.79 Å². The Morgan fingerprint density at radius 3 is 2.36 bits per heavy atom. The summed E-state index contributed by atoms with van der Waals surface area (Å²) in [5.41, 5.74) is 0. The van der Waals surface area contributed by atoms with Gasteiger partial charge in [-0.2, -0.15) is 0 Å². The molecule has 64 valence electrons. The predicted molar refractivity (Wildman–Crippen MR) is 36.7 cm³/mol. The number of carbonyl (C=O) groups excluding carboxylic acids is 1. The van der Waals surface area contributed by atoms with Gasteiger partial charge in [-0.1, -0.05) is 6.92 Å². The van der Waals surface area contributed by atoms with Gasteiger partial charge in [-0.25, -0.2) is 4.79 Å². The number of aliphatic hydroxyl groups is 2. The van der Waals surface area contributed by atoms with Crippen LogP contribution >= 0.6 is 0 Å². The monoisotopic (exact) mass is 160 g/mol. The van der Waals surface area contributed by atoms with E-state index in [4.69, 9.17) is 14.9 Å². The van der Waals surface area contributed by atoms with Crippen molar-refractivity contribution in [2.45, 2.75) is 32.2 Å². The molecule has 0 radical (unpaired) electrons. The highest BCUT2D eigenvalue weighted by molar-refractivity contribution is 5.77. The minimum Gasteiger partial charge on any atom is -0.457 e. The molecule has 1 heterocycles. The van der Waals surface area contributed by atoms with Crippen LogP contribution in [0.3, 0.4) is 0 Å². The third-order valence-electron chi connectivity index (χ3n) is 1.99. The predicted octanol–water partition coefficient (Wildman–Crippen LogP) is -0.710. The van der Waals surface area contributed by atoms with Crippen LogP contribution < -0.4 is 0 Å². The number of hydrogen-bond donors (Lipinski definition) is 2. The molecule has 2 N–H and O–H groups in total. The van der Waals surface area contributed by atoms with E-state index in [2.05, 4.69) is 0 Å². The second-order valence-corrected chi connectivity index (χ2v) is 2.95. The molecule has 1 saturated heterocycles. The van der Waals surface area contributed by atoms with Gasteiger partial charge in [-0.3, -0.25) is 0 Å². The van der Waals surface area contributed by atoms with Crippen molar-refractivity contribution in [1.29, 1.82) is 0 Å². The molecule has 1 aliphatic rings. The normalized spacial score (nSPS) is 40.4. The summed E-state index contributed by atoms with van der Waals surface area (Å²) in [7, 11) is 0. The number of aliphatic hydroxyl groups excluding tert-OH is 2. The minimum absolute atomic E-state index is 0.317. The van der Waals surface area contributed by atoms with Crippen LogP contribution in [0.2, 0.25) is 0 Å². The molecule has 1 rings (SSSR count). The van der Waals surface area contributed by atoms with Gasteiger partial charge < -0.3 is 14.9 Å². The molecule has 4 atom stereocenters. The standard InChI is InChI=1S/C7H12O4/c1-3-5(9)7(10)11-6(3)4(2)8/h3-6,8-9H,1-2H3/t3?,4-,5+,6+/m0/s1. The zero-order valence-electron chi connectivity index (χ0n) is 6.52. The molecule has 0 spiro atoms. The Labute approximate surface area is 64.8 Å². The molecule has 0 bridgehead atoms. The smallest absolute Gasteiger partial charge is 0.335 e. The lowest BCUT2D eigenvalue weighted by Gasteiger charge is -2.16. The molecule has 4 nitrogen and oxygen atoms in total. The molecule has 0 aliphatic carbocycles. The molecule has 1 unspecified atom stereocenters. The van der Waals surface area contributed by atoms with Gasteiger partial charge >= 0.3 is 5.97 Å². The van der Waals surface area contributed by atoms with E-state index in [0.29, 0.717) is 0 Å². The first-order valence-corrected chi connectivity index (χ1v) is 3.60. The van der Waals surface area contributed by atoms with Gasteiger partial charge in [0.1, 0.15) is 6.10 Å². The summed E-state index contributed by atoms with van der Waals surface area (Å²) in [5.74, 6) is -0.953. The van der Waals surface area contributed by atoms with Crippen molar-refractivity contribution in [3.8, 4) is 0 Å². The van der Waals surface area contributed by atoms with E-state index in [0.717, 1.165) is 0 Å². The first-order valence-electron chi connectivity index (χ1n) is 3.60. The Kier molecular flexibility index (Phi) is 2.15. The Hall–Kier alpha value is -0.610. The Balaban J connectivity index is 2.67. The minimum atomic E-state index is -1.07. The zero-order chi connectivity index (χ0) is 8.59. The van der Waals surface area contributed by atoms with E-state index in [1.807, 2.05) is 0 Å². The van der Waals surface area contributed by atoms with Crippen molar-refractivity contribution in [3.05, 3.63) is 0 Å². The molecule has 11 heavy (non-hydrogen) atoms. The molecule has 4 heteroatoms. The van der Waals surface area contributed by atoms with Crippen LogP contribution in [0.4, 0.5) is 0 Å². The molecule has 0 aromatic heterocycles. The summed E-state index contributed by atoms with van der Waals surface area (Å²) >= 11 is 0. The molecule has 0 aromatic rings. The lowest BCUT2D eigenvalue weighted by atomic mass is 9.98. The van der Waals surface area contributed by atoms with Crippen LogP contribution in [0.25, 0.3) is 0 Å². The molecule has 0 amide bonds. The average Bonchev–Trinajstić information content (AvgIpc) is 2.17. The molecule has 1 fully saturated rings. The van der Waals surface area contributed by atoms with Crippen molar-refractivity contribution in [3.63, 3.8) is 0 Å². The lowest BCUT2D eigenvalue weighted by molar-refractivity contribution is -0.150. The first-order chi connectivity index (χ1) is 5.04. The summed E-state index contributed by atoms with van der Waals surface area (Å²) in [5, 5.41) is 18.2. The van der Waals surface area contributed by atoms with Gasteiger partial charge in [-0.15, -0.1) is 0 Å². The van der Waals surface area contributed by atoms with Crippen LogP contribution in [0, 0.1) is 5.92 Å². The van der Waals surface area contributed by atoms with E-state index < -0.39 is 24.3 Å². The summed E-state index contributed by atoms with van der Waals surface area (Å²) in [4.78, 5) is 10.7. The number of rotatable bonds is 1. The molecule has 0 aromatic carbocycles. The fourth-order valence-corrected chi connectivity index (χ4v) is 1.24. The number of hydrogen-bond acceptors (Lipinski definition) is 4. The van der Waals surface area contributed by atoms with E-state index in [1.165, 1.54) is 6.92 Å². The van der Waals surface area contributed by atoms with Gasteiger partial charge in [0, 0.05) is 5.92 Å². The number of carbonyl (C=O) groups is 1. The highest BCUT2D eigenvalue weighted by Gasteiger charge is 2.42. The number of ether oxygens (including phenoxy) is 1. The average molecular weight is 160 g/mol. The van der Waals surface area contributed by atoms with Gasteiger partial charge in [0.2, 0.25) is 0 Å². The second kappa shape index (κ2) is 2.79. The second-order valence-electron chi connectivity index (χ2n) is 2.95. The Bertz CT molecular complexity index is 166. The quantitative estimate of drug-likeness (QED) is 0.497. The van der Waals surface area contributed by atoms with Gasteiger partial charge in [-0.05, 0) is 6.92 Å². The molecule has 1 aliphatic heterocycles. The van der Waals surface area contributed by atoms with E-state index in [-0.39, 0.29) is 5.92 Å². The van der Waals surface area contributed by atoms with Crippen LogP contribution in [0.5, 0.6) is 0 Å². The summed E-state index contributed by atoms with van der Waals surface area (Å²) in [6, 6.07) is 0. The summed E-state index contributed by atoms with van der Waals surface area (Å²) in [6.45, 7) is 3.21. The largest absolute Gasteiger partial charge is 0.457 e. The third kappa shape index (κ3) is 1.36. The van der Waals surface area contributed by atoms with E-state index >= 15 is 0 Å². The van der Waals surface area contributed by atoms with Crippen molar-refractivity contribution >= 4 is 5.97 Å². The molecule has 0 saturated carbocycles. The fourth-order valence-electron chi connectivity index (χ4n) is 1.24. The van der Waals surface area contributed by atoms with Crippen molar-refractivity contribution in [1.82, 2.24) is 0 Å². The van der Waals surface area contributed by atoms with Gasteiger partial charge in [0.25, 0.3) is 0 Å². The van der Waals surface area contributed by atoms with Crippen molar-refractivity contribution < 1.29 is 19.7 Å². The third-order valence-corrected chi connectivity index (χ3v) is 1.99. The zero-order valence-corrected chi connectivity index (χ0v) is 6.52. The first kappa shape index (κ1) is 8.49. The summed E-state index contributed by atoms with van der Waals surface area (Å²) in [6.07, 6.45) is -2.35. The van der Waals surface area contributed by atoms with Gasteiger partial charge in [0.15, 0.2) is 6.10 Å². The Morgan fingerprint density at radius 1 is 1.64 bits per heavy atom. The Morgan fingerprint density at radius 2 is 2.18 bits per heavy atom. The fraction of sp³-hybridized carbons (Fsp3) is 0.857. The maximum Gasteiger partial charge on any atom is 0.335 e. The number of esters is 1. The maximum absolute atomic E-state index is 10.7. The van der Waals surface area contributed by atoms with Crippen LogP contribution in [0.15, 0.2) is 0 Å². The molecular formula is C7H12O4. The van der Waals surface area contributed by atoms with Gasteiger partial charge in [0.05, 0.1) is 6.10 Å².